The van der Waals surface area contributed by atoms with Crippen molar-refractivity contribution in [1.29, 1.82) is 0 Å². The predicted octanol–water partition coefficient (Wildman–Crippen LogP) is 3.47. The van der Waals surface area contributed by atoms with Crippen molar-refractivity contribution >= 4 is 17.5 Å². The fraction of sp³-hybridized carbons (Fsp3) is 0.231. The second kappa shape index (κ2) is 10.1. The summed E-state index contributed by atoms with van der Waals surface area (Å²) in [5.74, 6) is 0.963. The molecule has 0 bridgehead atoms. The maximum atomic E-state index is 13.5. The minimum atomic E-state index is -0.827. The summed E-state index contributed by atoms with van der Waals surface area (Å²) in [6, 6.07) is 22.1. The Morgan fingerprint density at radius 2 is 1.64 bits per heavy atom. The number of ether oxygens (including phenoxy) is 3. The molecule has 3 aromatic carbocycles. The lowest BCUT2D eigenvalue weighted by atomic mass is 10.1. The van der Waals surface area contributed by atoms with Gasteiger partial charge in [-0.05, 0) is 36.2 Å². The molecule has 0 aliphatic carbocycles. The number of fused-ring (bicyclic) bond motifs is 1. The monoisotopic (exact) mass is 446 g/mol. The van der Waals surface area contributed by atoms with Crippen molar-refractivity contribution in [2.45, 2.75) is 12.5 Å². The number of hydrogen-bond acceptors (Lipinski definition) is 5. The van der Waals surface area contributed by atoms with Crippen LogP contribution >= 0.6 is 0 Å². The van der Waals surface area contributed by atoms with Gasteiger partial charge in [0.15, 0.2) is 6.10 Å². The number of carbonyl (C=O) groups is 2. The molecule has 2 amide bonds. The third kappa shape index (κ3) is 5.09. The van der Waals surface area contributed by atoms with E-state index < -0.39 is 6.10 Å². The fourth-order valence-electron chi connectivity index (χ4n) is 3.74. The number of benzene rings is 3. The molecule has 0 saturated heterocycles. The number of hydrogen-bond donors (Lipinski definition) is 1. The molecule has 0 radical (unpaired) electrons. The van der Waals surface area contributed by atoms with E-state index >= 15 is 0 Å². The Kier molecular flexibility index (Phi) is 6.78. The van der Waals surface area contributed by atoms with Gasteiger partial charge in [-0.2, -0.15) is 0 Å². The highest BCUT2D eigenvalue weighted by Crippen LogP contribution is 2.35. The van der Waals surface area contributed by atoms with Crippen molar-refractivity contribution in [2.75, 3.05) is 32.2 Å². The zero-order valence-electron chi connectivity index (χ0n) is 18.6. The Hall–Kier alpha value is -4.00. The third-order valence-electron chi connectivity index (χ3n) is 5.47. The first-order chi connectivity index (χ1) is 16.1. The largest absolute Gasteiger partial charge is 0.497 e. The molecule has 1 heterocycles. The highest BCUT2D eigenvalue weighted by atomic mass is 16.5. The molecule has 1 atom stereocenters. The van der Waals surface area contributed by atoms with Gasteiger partial charge in [0.25, 0.3) is 11.8 Å². The lowest BCUT2D eigenvalue weighted by Gasteiger charge is -2.34. The second-order valence-corrected chi connectivity index (χ2v) is 7.62. The van der Waals surface area contributed by atoms with Gasteiger partial charge in [-0.25, -0.2) is 0 Å². The summed E-state index contributed by atoms with van der Waals surface area (Å²) in [4.78, 5) is 27.9. The topological polar surface area (TPSA) is 77.1 Å². The number of carbonyl (C=O) groups excluding carboxylic acids is 2. The van der Waals surface area contributed by atoms with Crippen molar-refractivity contribution in [2.24, 2.45) is 0 Å². The van der Waals surface area contributed by atoms with Gasteiger partial charge >= 0.3 is 0 Å². The lowest BCUT2D eigenvalue weighted by molar-refractivity contribution is -0.127. The number of anilines is 1. The van der Waals surface area contributed by atoms with Crippen LogP contribution in [0.15, 0.2) is 72.8 Å². The fourth-order valence-corrected chi connectivity index (χ4v) is 3.74. The Bertz CT molecular complexity index is 1110. The summed E-state index contributed by atoms with van der Waals surface area (Å²) < 4.78 is 16.6. The van der Waals surface area contributed by atoms with Gasteiger partial charge in [-0.3, -0.25) is 9.59 Å². The molecule has 1 aliphatic heterocycles. The van der Waals surface area contributed by atoms with E-state index in [-0.39, 0.29) is 18.4 Å². The van der Waals surface area contributed by atoms with Crippen molar-refractivity contribution < 1.29 is 23.8 Å². The van der Waals surface area contributed by atoms with Crippen LogP contribution in [0.3, 0.4) is 0 Å². The molecule has 0 saturated carbocycles. The normalized spacial score (nSPS) is 14.6. The Balaban J connectivity index is 1.53. The van der Waals surface area contributed by atoms with Crippen LogP contribution in [-0.4, -0.2) is 45.2 Å². The van der Waals surface area contributed by atoms with E-state index in [1.807, 2.05) is 42.5 Å². The molecule has 7 heteroatoms. The van der Waals surface area contributed by atoms with Crippen molar-refractivity contribution in [3.63, 3.8) is 0 Å². The summed E-state index contributed by atoms with van der Waals surface area (Å²) in [6.07, 6.45) is -0.116. The Labute approximate surface area is 192 Å². The first-order valence-electron chi connectivity index (χ1n) is 10.7. The summed E-state index contributed by atoms with van der Waals surface area (Å²) in [5.41, 5.74) is 2.14. The number of nitrogens with zero attached hydrogens (tertiary/aromatic N) is 1. The van der Waals surface area contributed by atoms with Crippen LogP contribution in [0.4, 0.5) is 5.69 Å². The lowest BCUT2D eigenvalue weighted by Crippen LogP contribution is -2.51. The average molecular weight is 447 g/mol. The molecule has 1 unspecified atom stereocenters. The molecule has 3 aromatic rings. The molecule has 0 fully saturated rings. The van der Waals surface area contributed by atoms with E-state index in [0.29, 0.717) is 41.5 Å². The second-order valence-electron chi connectivity index (χ2n) is 7.62. The van der Waals surface area contributed by atoms with Gasteiger partial charge in [0.1, 0.15) is 17.2 Å². The van der Waals surface area contributed by atoms with Crippen molar-refractivity contribution in [1.82, 2.24) is 5.32 Å². The van der Waals surface area contributed by atoms with Gasteiger partial charge in [-0.15, -0.1) is 0 Å². The van der Waals surface area contributed by atoms with E-state index in [1.165, 1.54) is 14.2 Å². The van der Waals surface area contributed by atoms with E-state index in [0.717, 1.165) is 5.56 Å². The maximum Gasteiger partial charge on any atom is 0.262 e. The van der Waals surface area contributed by atoms with Crippen LogP contribution in [-0.2, 0) is 11.2 Å². The number of nitrogens with one attached hydrogen (secondary N) is 1. The summed E-state index contributed by atoms with van der Waals surface area (Å²) in [7, 11) is 3.06. The highest BCUT2D eigenvalue weighted by molar-refractivity contribution is 6.08. The van der Waals surface area contributed by atoms with Gasteiger partial charge in [0.05, 0.1) is 26.5 Å². The minimum absolute atomic E-state index is 0.0898. The molecule has 33 heavy (non-hydrogen) atoms. The molecule has 0 aromatic heterocycles. The SMILES string of the molecule is COc1cc(OC)cc(C(=O)N2CC(C(=O)NCCc3ccccc3)Oc3ccccc32)c1. The molecule has 0 spiro atoms. The minimum Gasteiger partial charge on any atom is -0.497 e. The molecular weight excluding hydrogens is 420 g/mol. The van der Waals surface area contributed by atoms with Gasteiger partial charge in [-0.1, -0.05) is 42.5 Å². The number of rotatable bonds is 7. The summed E-state index contributed by atoms with van der Waals surface area (Å²) in [6.45, 7) is 0.567. The quantitative estimate of drug-likeness (QED) is 0.601. The van der Waals surface area contributed by atoms with Crippen LogP contribution in [0.25, 0.3) is 0 Å². The van der Waals surface area contributed by atoms with Crippen LogP contribution in [0, 0.1) is 0 Å². The van der Waals surface area contributed by atoms with Gasteiger partial charge in [0, 0.05) is 18.2 Å². The Morgan fingerprint density at radius 1 is 0.970 bits per heavy atom. The zero-order valence-corrected chi connectivity index (χ0v) is 18.6. The third-order valence-corrected chi connectivity index (χ3v) is 5.47. The van der Waals surface area contributed by atoms with Crippen molar-refractivity contribution in [3.8, 4) is 17.2 Å². The van der Waals surface area contributed by atoms with E-state index in [1.54, 1.807) is 35.2 Å². The maximum absolute atomic E-state index is 13.5. The summed E-state index contributed by atoms with van der Waals surface area (Å²) >= 11 is 0. The average Bonchev–Trinajstić information content (AvgIpc) is 2.87. The molecule has 170 valence electrons. The van der Waals surface area contributed by atoms with E-state index in [9.17, 15) is 9.59 Å². The van der Waals surface area contributed by atoms with E-state index in [2.05, 4.69) is 5.32 Å². The van der Waals surface area contributed by atoms with E-state index in [4.69, 9.17) is 14.2 Å². The van der Waals surface area contributed by atoms with Crippen LogP contribution in [0.5, 0.6) is 17.2 Å². The zero-order chi connectivity index (χ0) is 23.2. The van der Waals surface area contributed by atoms with Gasteiger partial charge in [0.2, 0.25) is 0 Å². The smallest absolute Gasteiger partial charge is 0.262 e. The molecule has 4 rings (SSSR count). The molecule has 1 aliphatic rings. The standard InChI is InChI=1S/C26H26N2O5/c1-31-20-14-19(15-21(16-20)32-2)26(30)28-17-24(33-23-11-7-6-10-22(23)28)25(29)27-13-12-18-8-4-3-5-9-18/h3-11,14-16,24H,12-13,17H2,1-2H3,(H,27,29). The van der Waals surface area contributed by atoms with Crippen LogP contribution in [0.1, 0.15) is 15.9 Å². The predicted molar refractivity (Wildman–Crippen MR) is 125 cm³/mol. The molecule has 1 N–H and O–H groups in total. The van der Waals surface area contributed by atoms with Crippen molar-refractivity contribution in [3.05, 3.63) is 83.9 Å². The summed E-state index contributed by atoms with van der Waals surface area (Å²) in [5, 5.41) is 2.93. The van der Waals surface area contributed by atoms with Crippen LogP contribution in [0.2, 0.25) is 0 Å². The van der Waals surface area contributed by atoms with Gasteiger partial charge < -0.3 is 24.4 Å². The van der Waals surface area contributed by atoms with Crippen LogP contribution < -0.4 is 24.4 Å². The molecule has 7 nitrogen and oxygen atoms in total. The Morgan fingerprint density at radius 3 is 2.33 bits per heavy atom. The highest BCUT2D eigenvalue weighted by Gasteiger charge is 2.34. The molecular formula is C26H26N2O5. The number of methoxy groups -OCH3 is 2. The number of para-hydroxylation sites is 2. The number of amides is 2. The first kappa shape index (κ1) is 22.2. The first-order valence-corrected chi connectivity index (χ1v) is 10.7.